The zero-order valence-electron chi connectivity index (χ0n) is 18.2. The van der Waals surface area contributed by atoms with Gasteiger partial charge in [0, 0.05) is 17.4 Å². The highest BCUT2D eigenvalue weighted by Gasteiger charge is 2.19. The maximum atomic E-state index is 11.9. The lowest BCUT2D eigenvalue weighted by atomic mass is 10.2. The Bertz CT molecular complexity index is 1160. The third-order valence-electron chi connectivity index (χ3n) is 4.82. The fourth-order valence-electron chi connectivity index (χ4n) is 3.08. The molecule has 3 rings (SSSR count). The summed E-state index contributed by atoms with van der Waals surface area (Å²) in [6, 6.07) is 9.95. The summed E-state index contributed by atoms with van der Waals surface area (Å²) in [5.74, 6) is 0.0997. The smallest absolute Gasteiger partial charge is 0.306 e. The van der Waals surface area contributed by atoms with Crippen molar-refractivity contribution in [1.82, 2.24) is 10.3 Å². The molecular weight excluding hydrogens is 484 g/mol. The number of nitro groups is 1. The average Bonchev–Trinajstić information content (AvgIpc) is 3.31. The number of thioether (sulfide) groups is 1. The molecule has 34 heavy (non-hydrogen) atoms. The molecule has 0 aliphatic rings. The van der Waals surface area contributed by atoms with Crippen molar-refractivity contribution >= 4 is 57.6 Å². The van der Waals surface area contributed by atoms with Gasteiger partial charge >= 0.3 is 11.7 Å². The monoisotopic (exact) mass is 506 g/mol. The van der Waals surface area contributed by atoms with Crippen LogP contribution in [0, 0.1) is 10.1 Å². The van der Waals surface area contributed by atoms with Crippen molar-refractivity contribution < 1.29 is 23.9 Å². The zero-order valence-corrected chi connectivity index (χ0v) is 19.8. The minimum Gasteiger partial charge on any atom is -0.466 e. The first kappa shape index (κ1) is 25.4. The lowest BCUT2D eigenvalue weighted by molar-refractivity contribution is -0.383. The van der Waals surface area contributed by atoms with Crippen LogP contribution in [0.1, 0.15) is 38.5 Å². The highest BCUT2D eigenvalue weighted by atomic mass is 35.5. The molecule has 10 nitrogen and oxygen atoms in total. The number of ether oxygens (including phenoxy) is 1. The van der Waals surface area contributed by atoms with E-state index in [1.807, 2.05) is 0 Å². The number of amides is 1. The van der Waals surface area contributed by atoms with Gasteiger partial charge in [0.15, 0.2) is 5.52 Å². The predicted octanol–water partition coefficient (Wildman–Crippen LogP) is 5.40. The van der Waals surface area contributed by atoms with Crippen LogP contribution in [-0.2, 0) is 14.3 Å². The Kier molecular flexibility index (Phi) is 9.65. The summed E-state index contributed by atoms with van der Waals surface area (Å²) in [5, 5.41) is 21.5. The summed E-state index contributed by atoms with van der Waals surface area (Å²) in [6.45, 7) is 0.311. The number of carbonyl (C=O) groups excluding carboxylic acids is 2. The van der Waals surface area contributed by atoms with Crippen LogP contribution in [-0.4, -0.2) is 39.5 Å². The van der Waals surface area contributed by atoms with Crippen LogP contribution in [0.25, 0.3) is 11.0 Å². The second-order valence-electron chi connectivity index (χ2n) is 7.31. The maximum absolute atomic E-state index is 11.9. The van der Waals surface area contributed by atoms with Crippen molar-refractivity contribution in [3.8, 4) is 0 Å². The number of nitrogens with zero attached hydrogens (tertiary/aromatic N) is 3. The number of aromatic nitrogens is 2. The van der Waals surface area contributed by atoms with Gasteiger partial charge in [-0.05, 0) is 47.1 Å². The number of fused-ring (bicyclic) bond motifs is 1. The molecule has 1 heterocycles. The molecule has 0 radical (unpaired) electrons. The van der Waals surface area contributed by atoms with E-state index in [4.69, 9.17) is 16.3 Å². The number of anilines is 1. The molecule has 0 saturated carbocycles. The zero-order chi connectivity index (χ0) is 24.3. The summed E-state index contributed by atoms with van der Waals surface area (Å²) < 4.78 is 9.84. The molecule has 0 spiro atoms. The minimum absolute atomic E-state index is 0.00748. The van der Waals surface area contributed by atoms with E-state index >= 15 is 0 Å². The van der Waals surface area contributed by atoms with E-state index in [0.717, 1.165) is 36.3 Å². The molecule has 0 atom stereocenters. The van der Waals surface area contributed by atoms with E-state index in [1.54, 1.807) is 30.3 Å². The van der Waals surface area contributed by atoms with E-state index in [2.05, 4.69) is 20.3 Å². The standard InChI is InChI=1S/C22H23ClN4O6S/c23-15-7-3-4-8-16(15)24-19(28)11-12-20(29)32-13-5-1-2-6-14-34-18-10-9-17(27(30)31)21-22(18)26-33-25-21/h3-4,7-10H,1-2,5-6,11-14H2,(H,24,28). The number of hydrogen-bond acceptors (Lipinski definition) is 9. The number of benzene rings is 2. The molecule has 0 unspecified atom stereocenters. The topological polar surface area (TPSA) is 137 Å². The van der Waals surface area contributed by atoms with Crippen molar-refractivity contribution in [2.45, 2.75) is 43.4 Å². The molecule has 0 bridgehead atoms. The fraction of sp³-hybridized carbons (Fsp3) is 0.364. The van der Waals surface area contributed by atoms with Crippen LogP contribution in [0.5, 0.6) is 0 Å². The first-order chi connectivity index (χ1) is 16.5. The number of non-ortho nitro benzene ring substituents is 1. The maximum Gasteiger partial charge on any atom is 0.306 e. The fourth-order valence-corrected chi connectivity index (χ4v) is 4.27. The lowest BCUT2D eigenvalue weighted by Crippen LogP contribution is -2.15. The van der Waals surface area contributed by atoms with Crippen LogP contribution in [0.4, 0.5) is 11.4 Å². The molecular formula is C22H23ClN4O6S. The summed E-state index contributed by atoms with van der Waals surface area (Å²) >= 11 is 7.53. The van der Waals surface area contributed by atoms with Crippen molar-refractivity contribution in [3.05, 3.63) is 51.5 Å². The van der Waals surface area contributed by atoms with Gasteiger partial charge in [0.2, 0.25) is 11.4 Å². The molecule has 180 valence electrons. The van der Waals surface area contributed by atoms with Crippen molar-refractivity contribution in [2.75, 3.05) is 17.7 Å². The second kappa shape index (κ2) is 12.9. The van der Waals surface area contributed by atoms with Gasteiger partial charge in [-0.2, -0.15) is 0 Å². The minimum atomic E-state index is -0.511. The molecule has 1 aromatic heterocycles. The third-order valence-corrected chi connectivity index (χ3v) is 6.28. The van der Waals surface area contributed by atoms with Crippen LogP contribution in [0.3, 0.4) is 0 Å². The lowest BCUT2D eigenvalue weighted by Gasteiger charge is -2.07. The van der Waals surface area contributed by atoms with Gasteiger partial charge in [-0.3, -0.25) is 19.7 Å². The number of halogens is 1. The molecule has 1 amide bonds. The average molecular weight is 507 g/mol. The van der Waals surface area contributed by atoms with Gasteiger partial charge in [0.1, 0.15) is 0 Å². The predicted molar refractivity (Wildman–Crippen MR) is 128 cm³/mol. The number of rotatable bonds is 13. The van der Waals surface area contributed by atoms with E-state index in [1.165, 1.54) is 17.8 Å². The SMILES string of the molecule is O=C(CCC(=O)OCCCCCCSc1ccc([N+](=O)[O-])c2nonc12)Nc1ccccc1Cl. The largest absolute Gasteiger partial charge is 0.466 e. The number of unbranched alkanes of at least 4 members (excludes halogenated alkanes) is 3. The van der Waals surface area contributed by atoms with Crippen LogP contribution in [0.2, 0.25) is 5.02 Å². The van der Waals surface area contributed by atoms with Crippen molar-refractivity contribution in [1.29, 1.82) is 0 Å². The quantitative estimate of drug-likeness (QED) is 0.106. The Labute approximate surface area is 204 Å². The molecule has 0 fully saturated rings. The Hall–Kier alpha value is -3.18. The van der Waals surface area contributed by atoms with Crippen molar-refractivity contribution in [3.63, 3.8) is 0 Å². The highest BCUT2D eigenvalue weighted by molar-refractivity contribution is 7.99. The van der Waals surface area contributed by atoms with Gasteiger partial charge < -0.3 is 10.1 Å². The highest BCUT2D eigenvalue weighted by Crippen LogP contribution is 2.32. The number of para-hydroxylation sites is 1. The van der Waals surface area contributed by atoms with Crippen LogP contribution < -0.4 is 5.32 Å². The van der Waals surface area contributed by atoms with Crippen molar-refractivity contribution in [2.24, 2.45) is 0 Å². The number of carbonyl (C=O) groups is 2. The van der Waals surface area contributed by atoms with E-state index in [-0.39, 0.29) is 30.0 Å². The Morgan fingerprint density at radius 2 is 1.82 bits per heavy atom. The Balaban J connectivity index is 1.24. The molecule has 3 aromatic rings. The van der Waals surface area contributed by atoms with Gasteiger partial charge in [0.25, 0.3) is 0 Å². The van der Waals surface area contributed by atoms with Crippen LogP contribution >= 0.6 is 23.4 Å². The molecule has 1 N–H and O–H groups in total. The van der Waals surface area contributed by atoms with E-state index < -0.39 is 10.9 Å². The van der Waals surface area contributed by atoms with Gasteiger partial charge in [0.05, 0.1) is 28.7 Å². The first-order valence-corrected chi connectivity index (χ1v) is 12.0. The summed E-state index contributed by atoms with van der Waals surface area (Å²) in [6.07, 6.45) is 3.52. The van der Waals surface area contributed by atoms with Crippen LogP contribution in [0.15, 0.2) is 45.9 Å². The van der Waals surface area contributed by atoms with Gasteiger partial charge in [-0.1, -0.05) is 36.6 Å². The number of nitro benzene ring substituents is 1. The number of hydrogen-bond donors (Lipinski definition) is 1. The van der Waals surface area contributed by atoms with Gasteiger partial charge in [-0.25, -0.2) is 4.63 Å². The van der Waals surface area contributed by atoms with Gasteiger partial charge in [-0.15, -0.1) is 11.8 Å². The Morgan fingerprint density at radius 1 is 1.06 bits per heavy atom. The normalized spacial score (nSPS) is 10.9. The Morgan fingerprint density at radius 3 is 2.62 bits per heavy atom. The van der Waals surface area contributed by atoms with E-state index in [0.29, 0.717) is 22.8 Å². The molecule has 2 aromatic carbocycles. The molecule has 0 aliphatic carbocycles. The number of esters is 1. The summed E-state index contributed by atoms with van der Waals surface area (Å²) in [5.41, 5.74) is 0.928. The third kappa shape index (κ3) is 7.42. The molecule has 0 saturated heterocycles. The second-order valence-corrected chi connectivity index (χ2v) is 8.86. The molecule has 12 heteroatoms. The summed E-state index contributed by atoms with van der Waals surface area (Å²) in [4.78, 5) is 35.1. The first-order valence-electron chi connectivity index (χ1n) is 10.7. The number of nitrogens with one attached hydrogen (secondary N) is 1. The van der Waals surface area contributed by atoms with E-state index in [9.17, 15) is 19.7 Å². The summed E-state index contributed by atoms with van der Waals surface area (Å²) in [7, 11) is 0. The molecule has 0 aliphatic heterocycles.